The molecule has 2 saturated heterocycles. The van der Waals surface area contributed by atoms with E-state index in [0.29, 0.717) is 38.4 Å². The summed E-state index contributed by atoms with van der Waals surface area (Å²) >= 11 is 0. The number of hydrogen-bond acceptors (Lipinski definition) is 4. The van der Waals surface area contributed by atoms with E-state index in [1.54, 1.807) is 36.1 Å². The van der Waals surface area contributed by atoms with Crippen LogP contribution >= 0.6 is 0 Å². The zero-order chi connectivity index (χ0) is 20.1. The minimum absolute atomic E-state index is 0.0723. The predicted molar refractivity (Wildman–Crippen MR) is 105 cm³/mol. The number of amides is 2. The summed E-state index contributed by atoms with van der Waals surface area (Å²) in [5.41, 5.74) is 0.587. The van der Waals surface area contributed by atoms with Crippen LogP contribution in [0.2, 0.25) is 0 Å². The molecule has 9 heteroatoms. The number of piperazine rings is 1. The molecule has 3 rings (SSSR count). The minimum atomic E-state index is -3.46. The van der Waals surface area contributed by atoms with Crippen LogP contribution in [-0.2, 0) is 19.6 Å². The smallest absolute Gasteiger partial charge is 0.279 e. The molecule has 154 valence electrons. The Labute approximate surface area is 166 Å². The number of anilines is 1. The number of nitrogens with one attached hydrogen (secondary N) is 2. The van der Waals surface area contributed by atoms with Gasteiger partial charge in [-0.1, -0.05) is 6.42 Å². The van der Waals surface area contributed by atoms with Crippen LogP contribution in [0.5, 0.6) is 0 Å². The van der Waals surface area contributed by atoms with Crippen LogP contribution in [0.25, 0.3) is 0 Å². The molecule has 2 N–H and O–H groups in total. The van der Waals surface area contributed by atoms with Crippen molar-refractivity contribution in [2.45, 2.75) is 31.1 Å². The highest BCUT2D eigenvalue weighted by atomic mass is 32.2. The number of nitrogens with zero attached hydrogens (tertiary/aromatic N) is 2. The van der Waals surface area contributed by atoms with Gasteiger partial charge in [-0.3, -0.25) is 9.59 Å². The van der Waals surface area contributed by atoms with Crippen LogP contribution < -0.4 is 10.2 Å². The zero-order valence-electron chi connectivity index (χ0n) is 16.3. The highest BCUT2D eigenvalue weighted by Crippen LogP contribution is 2.21. The van der Waals surface area contributed by atoms with Gasteiger partial charge in [-0.15, -0.1) is 0 Å². The van der Waals surface area contributed by atoms with Crippen molar-refractivity contribution in [3.05, 3.63) is 24.3 Å². The second-order valence-electron chi connectivity index (χ2n) is 7.47. The van der Waals surface area contributed by atoms with E-state index < -0.39 is 10.0 Å². The summed E-state index contributed by atoms with van der Waals surface area (Å²) in [7, 11) is -3.46. The SMILES string of the molecule is CC(=O)N1CC[NH+](CC(=O)Nc2ccc(S(=O)(=O)N3CCCCC3)cc2)CC1. The maximum absolute atomic E-state index is 12.7. The normalized spacial score (nSPS) is 19.4. The number of quaternary nitrogens is 1. The Morgan fingerprint density at radius 2 is 1.61 bits per heavy atom. The first-order chi connectivity index (χ1) is 13.4. The molecule has 2 amide bonds. The maximum atomic E-state index is 12.7. The van der Waals surface area contributed by atoms with Gasteiger partial charge in [0.15, 0.2) is 6.54 Å². The van der Waals surface area contributed by atoms with E-state index in [1.165, 1.54) is 4.31 Å². The fourth-order valence-corrected chi connectivity index (χ4v) is 5.23. The average Bonchev–Trinajstić information content (AvgIpc) is 2.69. The number of carbonyl (C=O) groups is 2. The Kier molecular flexibility index (Phi) is 6.69. The summed E-state index contributed by atoms with van der Waals surface area (Å²) in [5.74, 6) is -0.0407. The number of benzene rings is 1. The first-order valence-electron chi connectivity index (χ1n) is 9.85. The van der Waals surface area contributed by atoms with Crippen molar-refractivity contribution in [2.75, 3.05) is 51.1 Å². The van der Waals surface area contributed by atoms with Gasteiger partial charge in [-0.2, -0.15) is 4.31 Å². The lowest BCUT2D eigenvalue weighted by molar-refractivity contribution is -0.895. The maximum Gasteiger partial charge on any atom is 0.279 e. The summed E-state index contributed by atoms with van der Waals surface area (Å²) in [5, 5.41) is 2.83. The molecule has 2 aliphatic heterocycles. The van der Waals surface area contributed by atoms with E-state index in [1.807, 2.05) is 0 Å². The molecule has 2 aliphatic rings. The van der Waals surface area contributed by atoms with Crippen LogP contribution in [0.1, 0.15) is 26.2 Å². The van der Waals surface area contributed by atoms with E-state index in [2.05, 4.69) is 5.32 Å². The van der Waals surface area contributed by atoms with Crippen molar-refractivity contribution in [1.29, 1.82) is 0 Å². The Morgan fingerprint density at radius 1 is 1.00 bits per heavy atom. The van der Waals surface area contributed by atoms with E-state index >= 15 is 0 Å². The molecular weight excluding hydrogens is 380 g/mol. The summed E-state index contributed by atoms with van der Waals surface area (Å²) in [4.78, 5) is 26.8. The Bertz CT molecular complexity index is 796. The Hall–Kier alpha value is -1.97. The largest absolute Gasteiger partial charge is 0.332 e. The first kappa shape index (κ1) is 20.8. The third-order valence-electron chi connectivity index (χ3n) is 5.42. The van der Waals surface area contributed by atoms with Crippen molar-refractivity contribution < 1.29 is 22.9 Å². The molecule has 0 radical (unpaired) electrons. The molecule has 0 unspecified atom stereocenters. The lowest BCUT2D eigenvalue weighted by atomic mass is 10.2. The molecule has 1 aromatic carbocycles. The van der Waals surface area contributed by atoms with Crippen molar-refractivity contribution in [2.24, 2.45) is 0 Å². The molecule has 0 aromatic heterocycles. The van der Waals surface area contributed by atoms with Crippen molar-refractivity contribution >= 4 is 27.5 Å². The van der Waals surface area contributed by atoms with Crippen LogP contribution in [0.4, 0.5) is 5.69 Å². The standard InChI is InChI=1S/C19H28N4O4S/c1-16(24)22-13-11-21(12-14-22)15-19(25)20-17-5-7-18(8-6-17)28(26,27)23-9-3-2-4-10-23/h5-8H,2-4,9-15H2,1H3,(H,20,25)/p+1. The molecule has 0 spiro atoms. The van der Waals surface area contributed by atoms with E-state index in [4.69, 9.17) is 0 Å². The van der Waals surface area contributed by atoms with Crippen molar-refractivity contribution in [3.8, 4) is 0 Å². The van der Waals surface area contributed by atoms with Gasteiger partial charge in [-0.05, 0) is 37.1 Å². The number of rotatable bonds is 5. The van der Waals surface area contributed by atoms with Crippen molar-refractivity contribution in [1.82, 2.24) is 9.21 Å². The summed E-state index contributed by atoms with van der Waals surface area (Å²) < 4.78 is 26.9. The van der Waals surface area contributed by atoms with Crippen LogP contribution in [-0.4, -0.2) is 75.3 Å². The summed E-state index contributed by atoms with van der Waals surface area (Å²) in [6.07, 6.45) is 2.87. The Morgan fingerprint density at radius 3 is 2.18 bits per heavy atom. The molecule has 1 aromatic rings. The molecule has 8 nitrogen and oxygen atoms in total. The molecule has 0 bridgehead atoms. The van der Waals surface area contributed by atoms with Gasteiger partial charge in [0.1, 0.15) is 0 Å². The number of sulfonamides is 1. The average molecular weight is 410 g/mol. The third kappa shape index (κ3) is 5.09. The lowest BCUT2D eigenvalue weighted by Gasteiger charge is -2.31. The minimum Gasteiger partial charge on any atom is -0.332 e. The van der Waals surface area contributed by atoms with E-state index in [0.717, 1.165) is 37.3 Å². The molecule has 0 saturated carbocycles. The summed E-state index contributed by atoms with van der Waals surface area (Å²) in [6.45, 7) is 5.87. The quantitative estimate of drug-likeness (QED) is 0.689. The number of carbonyl (C=O) groups excluding carboxylic acids is 2. The second-order valence-corrected chi connectivity index (χ2v) is 9.41. The van der Waals surface area contributed by atoms with E-state index in [-0.39, 0.29) is 16.7 Å². The van der Waals surface area contributed by atoms with Crippen LogP contribution in [0.15, 0.2) is 29.2 Å². The van der Waals surface area contributed by atoms with Gasteiger partial charge in [0.25, 0.3) is 5.91 Å². The van der Waals surface area contributed by atoms with Crippen LogP contribution in [0.3, 0.4) is 0 Å². The Balaban J connectivity index is 1.52. The lowest BCUT2D eigenvalue weighted by Crippen LogP contribution is -3.15. The van der Waals surface area contributed by atoms with Crippen molar-refractivity contribution in [3.63, 3.8) is 0 Å². The molecule has 2 heterocycles. The second kappa shape index (κ2) is 9.02. The summed E-state index contributed by atoms with van der Waals surface area (Å²) in [6, 6.07) is 6.38. The van der Waals surface area contributed by atoms with Gasteiger partial charge in [-0.25, -0.2) is 8.42 Å². The molecule has 0 atom stereocenters. The van der Waals surface area contributed by atoms with E-state index in [9.17, 15) is 18.0 Å². The first-order valence-corrected chi connectivity index (χ1v) is 11.3. The number of hydrogen-bond donors (Lipinski definition) is 2. The van der Waals surface area contributed by atoms with Crippen LogP contribution in [0, 0.1) is 0 Å². The van der Waals surface area contributed by atoms with Gasteiger partial charge in [0.05, 0.1) is 31.1 Å². The molecule has 0 aliphatic carbocycles. The predicted octanol–water partition coefficient (Wildman–Crippen LogP) is -0.453. The fourth-order valence-electron chi connectivity index (χ4n) is 3.71. The van der Waals surface area contributed by atoms with Gasteiger partial charge in [0, 0.05) is 25.7 Å². The topological polar surface area (TPSA) is 91.2 Å². The third-order valence-corrected chi connectivity index (χ3v) is 7.33. The highest BCUT2D eigenvalue weighted by molar-refractivity contribution is 7.89. The number of piperidine rings is 1. The highest BCUT2D eigenvalue weighted by Gasteiger charge is 2.26. The van der Waals surface area contributed by atoms with Gasteiger partial charge < -0.3 is 15.1 Å². The fraction of sp³-hybridized carbons (Fsp3) is 0.579. The van der Waals surface area contributed by atoms with Gasteiger partial charge in [0.2, 0.25) is 15.9 Å². The molecule has 28 heavy (non-hydrogen) atoms. The molecule has 2 fully saturated rings. The zero-order valence-corrected chi connectivity index (χ0v) is 17.1. The van der Waals surface area contributed by atoms with Gasteiger partial charge >= 0.3 is 0 Å². The monoisotopic (exact) mass is 409 g/mol. The molecular formula is C19H29N4O4S+.